The zero-order valence-electron chi connectivity index (χ0n) is 9.68. The van der Waals surface area contributed by atoms with Crippen LogP contribution >= 0.6 is 0 Å². The Labute approximate surface area is 101 Å². The number of aliphatic hydroxyl groups is 1. The molecule has 0 aromatic heterocycles. The van der Waals surface area contributed by atoms with Gasteiger partial charge in [-0.15, -0.1) is 0 Å². The second kappa shape index (κ2) is 4.93. The van der Waals surface area contributed by atoms with E-state index in [2.05, 4.69) is 0 Å². The Bertz CT molecular complexity index is 527. The van der Waals surface area contributed by atoms with Crippen LogP contribution in [-0.4, -0.2) is 10.9 Å². The van der Waals surface area contributed by atoms with Crippen LogP contribution in [0.1, 0.15) is 22.8 Å². The summed E-state index contributed by atoms with van der Waals surface area (Å²) in [5.74, 6) is 0.0620. The van der Waals surface area contributed by atoms with Crippen LogP contribution in [0.25, 0.3) is 11.1 Å². The van der Waals surface area contributed by atoms with Gasteiger partial charge < -0.3 is 5.11 Å². The molecule has 0 unspecified atom stereocenters. The van der Waals surface area contributed by atoms with Gasteiger partial charge in [0.05, 0.1) is 6.61 Å². The maximum Gasteiger partial charge on any atom is 0.159 e. The van der Waals surface area contributed by atoms with Crippen molar-refractivity contribution in [3.8, 4) is 11.1 Å². The molecule has 0 fully saturated rings. The second-order valence-corrected chi connectivity index (χ2v) is 3.95. The van der Waals surface area contributed by atoms with Gasteiger partial charge in [-0.25, -0.2) is 0 Å². The Balaban J connectivity index is 2.43. The molecule has 2 nitrogen and oxygen atoms in total. The minimum Gasteiger partial charge on any atom is -0.392 e. The van der Waals surface area contributed by atoms with Gasteiger partial charge in [0, 0.05) is 5.56 Å². The molecule has 0 atom stereocenters. The summed E-state index contributed by atoms with van der Waals surface area (Å²) in [6.07, 6.45) is 0. The fraction of sp³-hybridized carbons (Fsp3) is 0.133. The number of hydrogen-bond acceptors (Lipinski definition) is 2. The minimum atomic E-state index is 0.0185. The van der Waals surface area contributed by atoms with Crippen molar-refractivity contribution < 1.29 is 9.90 Å². The molecule has 0 saturated carbocycles. The van der Waals surface area contributed by atoms with E-state index in [0.29, 0.717) is 5.56 Å². The number of carbonyl (C=O) groups is 1. The summed E-state index contributed by atoms with van der Waals surface area (Å²) in [6.45, 7) is 1.57. The molecule has 2 heteroatoms. The molecule has 17 heavy (non-hydrogen) atoms. The zero-order chi connectivity index (χ0) is 12.3. The highest BCUT2D eigenvalue weighted by molar-refractivity contribution is 5.94. The van der Waals surface area contributed by atoms with Crippen molar-refractivity contribution in [2.45, 2.75) is 13.5 Å². The molecule has 0 aliphatic carbocycles. The number of rotatable bonds is 3. The topological polar surface area (TPSA) is 37.3 Å². The number of aliphatic hydroxyl groups excluding tert-OH is 1. The quantitative estimate of drug-likeness (QED) is 0.817. The number of benzene rings is 2. The van der Waals surface area contributed by atoms with E-state index < -0.39 is 0 Å². The van der Waals surface area contributed by atoms with E-state index in [4.69, 9.17) is 0 Å². The summed E-state index contributed by atoms with van der Waals surface area (Å²) in [6, 6.07) is 15.1. The van der Waals surface area contributed by atoms with Gasteiger partial charge in [0.25, 0.3) is 0 Å². The number of ketones is 1. The molecule has 0 saturated heterocycles. The highest BCUT2D eigenvalue weighted by Crippen LogP contribution is 2.24. The summed E-state index contributed by atoms with van der Waals surface area (Å²) in [5.41, 5.74) is 3.61. The summed E-state index contributed by atoms with van der Waals surface area (Å²) in [7, 11) is 0. The molecule has 0 bridgehead atoms. The van der Waals surface area contributed by atoms with Gasteiger partial charge in [-0.1, -0.05) is 48.5 Å². The van der Waals surface area contributed by atoms with Gasteiger partial charge in [-0.05, 0) is 23.6 Å². The molecular formula is C15H14O2. The maximum atomic E-state index is 11.2. The van der Waals surface area contributed by atoms with E-state index in [0.717, 1.165) is 16.7 Å². The molecule has 86 valence electrons. The molecule has 0 heterocycles. The predicted molar refractivity (Wildman–Crippen MR) is 67.8 cm³/mol. The smallest absolute Gasteiger partial charge is 0.159 e. The molecule has 0 radical (unpaired) electrons. The van der Waals surface area contributed by atoms with Crippen LogP contribution in [0.15, 0.2) is 48.5 Å². The van der Waals surface area contributed by atoms with Crippen molar-refractivity contribution >= 4 is 5.78 Å². The van der Waals surface area contributed by atoms with Gasteiger partial charge in [0.2, 0.25) is 0 Å². The van der Waals surface area contributed by atoms with Gasteiger partial charge in [-0.3, -0.25) is 4.79 Å². The highest BCUT2D eigenvalue weighted by atomic mass is 16.3. The van der Waals surface area contributed by atoms with Gasteiger partial charge >= 0.3 is 0 Å². The molecular weight excluding hydrogens is 212 g/mol. The molecule has 0 aliphatic rings. The van der Waals surface area contributed by atoms with Crippen molar-refractivity contribution in [1.29, 1.82) is 0 Å². The molecule has 0 amide bonds. The fourth-order valence-corrected chi connectivity index (χ4v) is 1.82. The molecule has 1 N–H and O–H groups in total. The minimum absolute atomic E-state index is 0.0185. The van der Waals surface area contributed by atoms with Crippen LogP contribution < -0.4 is 0 Å². The van der Waals surface area contributed by atoms with Gasteiger partial charge in [0.15, 0.2) is 5.78 Å². The van der Waals surface area contributed by atoms with Crippen LogP contribution in [0.3, 0.4) is 0 Å². The van der Waals surface area contributed by atoms with Crippen molar-refractivity contribution in [3.05, 3.63) is 59.7 Å². The first-order chi connectivity index (χ1) is 8.22. The lowest BCUT2D eigenvalue weighted by molar-refractivity contribution is 0.101. The summed E-state index contributed by atoms with van der Waals surface area (Å²) in [4.78, 5) is 11.2. The third kappa shape index (κ3) is 2.43. The van der Waals surface area contributed by atoms with Gasteiger partial charge in [0.1, 0.15) is 0 Å². The molecule has 2 aromatic carbocycles. The van der Waals surface area contributed by atoms with Crippen LogP contribution in [0, 0.1) is 0 Å². The Morgan fingerprint density at radius 3 is 2.29 bits per heavy atom. The van der Waals surface area contributed by atoms with Crippen molar-refractivity contribution in [2.75, 3.05) is 0 Å². The monoisotopic (exact) mass is 226 g/mol. The number of carbonyl (C=O) groups excluding carboxylic acids is 1. The van der Waals surface area contributed by atoms with Crippen molar-refractivity contribution in [3.63, 3.8) is 0 Å². The van der Waals surface area contributed by atoms with Crippen molar-refractivity contribution in [1.82, 2.24) is 0 Å². The Kier molecular flexibility index (Phi) is 3.35. The standard InChI is InChI=1S/C15H14O2/c1-11(17)12-6-8-13(9-7-12)15-5-3-2-4-14(15)10-16/h2-9,16H,10H2,1H3. The van der Waals surface area contributed by atoms with E-state index in [1.54, 1.807) is 6.92 Å². The average molecular weight is 226 g/mol. The molecule has 0 spiro atoms. The first-order valence-corrected chi connectivity index (χ1v) is 5.52. The first kappa shape index (κ1) is 11.6. The van der Waals surface area contributed by atoms with Crippen LogP contribution in [0.2, 0.25) is 0 Å². The third-order valence-electron chi connectivity index (χ3n) is 2.79. The van der Waals surface area contributed by atoms with Crippen LogP contribution in [0.5, 0.6) is 0 Å². The third-order valence-corrected chi connectivity index (χ3v) is 2.79. The van der Waals surface area contributed by atoms with E-state index >= 15 is 0 Å². The number of Topliss-reactive ketones (excluding diaryl/α,β-unsaturated/α-hetero) is 1. The summed E-state index contributed by atoms with van der Waals surface area (Å²) >= 11 is 0. The average Bonchev–Trinajstić information content (AvgIpc) is 2.39. The predicted octanol–water partition coefficient (Wildman–Crippen LogP) is 3.05. The Morgan fingerprint density at radius 1 is 1.06 bits per heavy atom. The molecule has 2 aromatic rings. The zero-order valence-corrected chi connectivity index (χ0v) is 9.68. The fourth-order valence-electron chi connectivity index (χ4n) is 1.82. The molecule has 2 rings (SSSR count). The molecule has 0 aliphatic heterocycles. The summed E-state index contributed by atoms with van der Waals surface area (Å²) < 4.78 is 0. The normalized spacial score (nSPS) is 10.2. The maximum absolute atomic E-state index is 11.2. The van der Waals surface area contributed by atoms with E-state index in [1.807, 2.05) is 48.5 Å². The lowest BCUT2D eigenvalue weighted by Gasteiger charge is -2.07. The van der Waals surface area contributed by atoms with E-state index in [9.17, 15) is 9.90 Å². The largest absolute Gasteiger partial charge is 0.392 e. The Hall–Kier alpha value is -1.93. The number of hydrogen-bond donors (Lipinski definition) is 1. The lowest BCUT2D eigenvalue weighted by atomic mass is 9.98. The Morgan fingerprint density at radius 2 is 1.71 bits per heavy atom. The highest BCUT2D eigenvalue weighted by Gasteiger charge is 2.04. The summed E-state index contributed by atoms with van der Waals surface area (Å²) in [5, 5.41) is 9.27. The first-order valence-electron chi connectivity index (χ1n) is 5.52. The van der Waals surface area contributed by atoms with Crippen molar-refractivity contribution in [2.24, 2.45) is 0 Å². The van der Waals surface area contributed by atoms with E-state index in [-0.39, 0.29) is 12.4 Å². The lowest BCUT2D eigenvalue weighted by Crippen LogP contribution is -1.92. The van der Waals surface area contributed by atoms with Crippen LogP contribution in [-0.2, 0) is 6.61 Å². The van der Waals surface area contributed by atoms with Crippen LogP contribution in [0.4, 0.5) is 0 Å². The van der Waals surface area contributed by atoms with Gasteiger partial charge in [-0.2, -0.15) is 0 Å². The SMILES string of the molecule is CC(=O)c1ccc(-c2ccccc2CO)cc1. The second-order valence-electron chi connectivity index (χ2n) is 3.95. The van der Waals surface area contributed by atoms with E-state index in [1.165, 1.54) is 0 Å².